The van der Waals surface area contributed by atoms with Gasteiger partial charge in [0.25, 0.3) is 5.69 Å². The first kappa shape index (κ1) is 16.0. The van der Waals surface area contributed by atoms with E-state index in [0.717, 1.165) is 5.56 Å². The van der Waals surface area contributed by atoms with Gasteiger partial charge in [-0.2, -0.15) is 0 Å². The van der Waals surface area contributed by atoms with E-state index in [0.29, 0.717) is 4.47 Å². The molecule has 7 heteroatoms. The second kappa shape index (κ2) is 7.04. The Balaban J connectivity index is 2.43. The highest BCUT2D eigenvalue weighted by Gasteiger charge is 2.21. The third kappa shape index (κ3) is 4.05. The number of anilines is 1. The van der Waals surface area contributed by atoms with Gasteiger partial charge >= 0.3 is 5.97 Å². The lowest BCUT2D eigenvalue weighted by Gasteiger charge is -2.23. The first-order valence-electron chi connectivity index (χ1n) is 6.42. The lowest BCUT2D eigenvalue weighted by molar-refractivity contribution is -0.384. The molecule has 0 spiro atoms. The van der Waals surface area contributed by atoms with Crippen molar-refractivity contribution in [2.45, 2.75) is 6.54 Å². The second-order valence-electron chi connectivity index (χ2n) is 4.63. The number of hydrogen-bond donors (Lipinski definition) is 1. The van der Waals surface area contributed by atoms with E-state index in [2.05, 4.69) is 15.9 Å². The van der Waals surface area contributed by atoms with Gasteiger partial charge in [0.2, 0.25) is 0 Å². The number of nitro groups is 1. The molecule has 114 valence electrons. The maximum atomic E-state index is 11.2. The molecule has 0 bridgehead atoms. The molecule has 0 aliphatic rings. The zero-order valence-corrected chi connectivity index (χ0v) is 13.1. The minimum Gasteiger partial charge on any atom is -0.480 e. The minimum absolute atomic E-state index is 0.125. The van der Waals surface area contributed by atoms with Crippen molar-refractivity contribution in [2.75, 3.05) is 11.4 Å². The van der Waals surface area contributed by atoms with Crippen LogP contribution in [0.2, 0.25) is 0 Å². The molecule has 1 N–H and O–H groups in total. The van der Waals surface area contributed by atoms with Crippen molar-refractivity contribution in [1.82, 2.24) is 0 Å². The summed E-state index contributed by atoms with van der Waals surface area (Å²) in [6.07, 6.45) is 0. The fourth-order valence-corrected chi connectivity index (χ4v) is 2.45. The molecule has 0 aliphatic carbocycles. The molecule has 0 amide bonds. The summed E-state index contributed by atoms with van der Waals surface area (Å²) in [5.74, 6) is -1.05. The molecule has 2 rings (SSSR count). The molecule has 0 saturated heterocycles. The third-order valence-electron chi connectivity index (χ3n) is 3.02. The van der Waals surface area contributed by atoms with Gasteiger partial charge in [-0.05, 0) is 17.7 Å². The molecule has 0 unspecified atom stereocenters. The van der Waals surface area contributed by atoms with E-state index in [-0.39, 0.29) is 24.5 Å². The summed E-state index contributed by atoms with van der Waals surface area (Å²) in [6, 6.07) is 13.7. The van der Waals surface area contributed by atoms with Crippen molar-refractivity contribution >= 4 is 33.3 Å². The van der Waals surface area contributed by atoms with Crippen LogP contribution in [0.5, 0.6) is 0 Å². The molecular formula is C15H13BrN2O4. The van der Waals surface area contributed by atoms with Crippen LogP contribution >= 0.6 is 15.9 Å². The van der Waals surface area contributed by atoms with Gasteiger partial charge in [-0.25, -0.2) is 0 Å². The van der Waals surface area contributed by atoms with Gasteiger partial charge < -0.3 is 10.0 Å². The van der Waals surface area contributed by atoms with Crippen molar-refractivity contribution in [3.05, 3.63) is 68.7 Å². The second-order valence-corrected chi connectivity index (χ2v) is 5.54. The van der Waals surface area contributed by atoms with Gasteiger partial charge in [-0.1, -0.05) is 46.3 Å². The fraction of sp³-hybridized carbons (Fsp3) is 0.133. The topological polar surface area (TPSA) is 83.7 Å². The Morgan fingerprint density at radius 3 is 2.50 bits per heavy atom. The molecule has 0 saturated carbocycles. The largest absolute Gasteiger partial charge is 0.480 e. The lowest BCUT2D eigenvalue weighted by atomic mass is 10.2. The van der Waals surface area contributed by atoms with Crippen molar-refractivity contribution in [3.63, 3.8) is 0 Å². The van der Waals surface area contributed by atoms with Crippen molar-refractivity contribution in [2.24, 2.45) is 0 Å². The predicted octanol–water partition coefficient (Wildman–Crippen LogP) is 3.45. The zero-order chi connectivity index (χ0) is 16.1. The SMILES string of the molecule is O=C(O)CN(Cc1ccccc1)c1cc(Br)ccc1[N+](=O)[O-]. The van der Waals surface area contributed by atoms with Crippen LogP contribution in [0.4, 0.5) is 11.4 Å². The Hall–Kier alpha value is -2.41. The number of carboxylic acids is 1. The maximum absolute atomic E-state index is 11.2. The molecule has 22 heavy (non-hydrogen) atoms. The molecule has 0 aromatic heterocycles. The summed E-state index contributed by atoms with van der Waals surface area (Å²) in [5.41, 5.74) is 1.02. The average molecular weight is 365 g/mol. The van der Waals surface area contributed by atoms with Crippen LogP contribution < -0.4 is 4.90 Å². The average Bonchev–Trinajstić information content (AvgIpc) is 2.46. The van der Waals surface area contributed by atoms with E-state index in [1.165, 1.54) is 11.0 Å². The highest BCUT2D eigenvalue weighted by Crippen LogP contribution is 2.32. The van der Waals surface area contributed by atoms with Crippen molar-refractivity contribution < 1.29 is 14.8 Å². The number of rotatable bonds is 6. The lowest BCUT2D eigenvalue weighted by Crippen LogP contribution is -2.29. The van der Waals surface area contributed by atoms with Crippen LogP contribution in [-0.2, 0) is 11.3 Å². The molecule has 0 atom stereocenters. The predicted molar refractivity (Wildman–Crippen MR) is 85.9 cm³/mol. The number of hydrogen-bond acceptors (Lipinski definition) is 4. The van der Waals surface area contributed by atoms with Crippen LogP contribution in [-0.4, -0.2) is 22.5 Å². The highest BCUT2D eigenvalue weighted by atomic mass is 79.9. The normalized spacial score (nSPS) is 10.2. The number of aliphatic carboxylic acids is 1. The van der Waals surface area contributed by atoms with E-state index in [9.17, 15) is 14.9 Å². The molecule has 2 aromatic carbocycles. The summed E-state index contributed by atoms with van der Waals surface area (Å²) in [7, 11) is 0. The van der Waals surface area contributed by atoms with E-state index < -0.39 is 10.9 Å². The minimum atomic E-state index is -1.05. The van der Waals surface area contributed by atoms with Gasteiger partial charge in [-0.3, -0.25) is 14.9 Å². The monoisotopic (exact) mass is 364 g/mol. The summed E-state index contributed by atoms with van der Waals surface area (Å²) >= 11 is 3.27. The van der Waals surface area contributed by atoms with Crippen LogP contribution in [0.1, 0.15) is 5.56 Å². The Bertz CT molecular complexity index is 691. The molecule has 6 nitrogen and oxygen atoms in total. The summed E-state index contributed by atoms with van der Waals surface area (Å²) in [4.78, 5) is 23.3. The van der Waals surface area contributed by atoms with E-state index in [1.807, 2.05) is 30.3 Å². The highest BCUT2D eigenvalue weighted by molar-refractivity contribution is 9.10. The van der Waals surface area contributed by atoms with Crippen LogP contribution in [0.15, 0.2) is 53.0 Å². The third-order valence-corrected chi connectivity index (χ3v) is 3.51. The van der Waals surface area contributed by atoms with Crippen molar-refractivity contribution in [3.8, 4) is 0 Å². The number of carbonyl (C=O) groups is 1. The Morgan fingerprint density at radius 1 is 1.23 bits per heavy atom. The van der Waals surface area contributed by atoms with Gasteiger partial charge in [0.15, 0.2) is 0 Å². The smallest absolute Gasteiger partial charge is 0.323 e. The molecule has 0 heterocycles. The number of nitro benzene ring substituents is 1. The molecule has 0 fully saturated rings. The number of carboxylic acid groups (broad SMARTS) is 1. The molecule has 0 radical (unpaired) electrons. The van der Waals surface area contributed by atoms with E-state index in [1.54, 1.807) is 12.1 Å². The van der Waals surface area contributed by atoms with E-state index >= 15 is 0 Å². The molecular weight excluding hydrogens is 352 g/mol. The van der Waals surface area contributed by atoms with E-state index in [4.69, 9.17) is 5.11 Å². The van der Waals surface area contributed by atoms with Gasteiger partial charge in [0.1, 0.15) is 12.2 Å². The van der Waals surface area contributed by atoms with Crippen LogP contribution in [0, 0.1) is 10.1 Å². The van der Waals surface area contributed by atoms with Crippen LogP contribution in [0.25, 0.3) is 0 Å². The van der Waals surface area contributed by atoms with Gasteiger partial charge in [0, 0.05) is 17.1 Å². The first-order chi connectivity index (χ1) is 10.5. The maximum Gasteiger partial charge on any atom is 0.323 e. The summed E-state index contributed by atoms with van der Waals surface area (Å²) < 4.78 is 0.650. The quantitative estimate of drug-likeness (QED) is 0.626. The van der Waals surface area contributed by atoms with Crippen LogP contribution in [0.3, 0.4) is 0 Å². The zero-order valence-electron chi connectivity index (χ0n) is 11.5. The fourth-order valence-electron chi connectivity index (χ4n) is 2.10. The summed E-state index contributed by atoms with van der Waals surface area (Å²) in [6.45, 7) is -0.0589. The number of nitrogens with zero attached hydrogens (tertiary/aromatic N) is 2. The Labute approximate surface area is 135 Å². The molecule has 0 aliphatic heterocycles. The number of halogens is 1. The Kier molecular flexibility index (Phi) is 5.11. The van der Waals surface area contributed by atoms with Gasteiger partial charge in [0.05, 0.1) is 4.92 Å². The van der Waals surface area contributed by atoms with Gasteiger partial charge in [-0.15, -0.1) is 0 Å². The standard InChI is InChI=1S/C15H13BrN2O4/c16-12-6-7-13(18(21)22)14(8-12)17(10-15(19)20)9-11-4-2-1-3-5-11/h1-8H,9-10H2,(H,19,20). The number of benzene rings is 2. The Morgan fingerprint density at radius 2 is 1.91 bits per heavy atom. The van der Waals surface area contributed by atoms with Crippen molar-refractivity contribution in [1.29, 1.82) is 0 Å². The first-order valence-corrected chi connectivity index (χ1v) is 7.21. The molecule has 2 aromatic rings. The summed E-state index contributed by atoms with van der Waals surface area (Å²) in [5, 5.41) is 20.3.